The summed E-state index contributed by atoms with van der Waals surface area (Å²) in [6.07, 6.45) is 7.76. The van der Waals surface area contributed by atoms with E-state index in [0.717, 1.165) is 40.2 Å². The minimum absolute atomic E-state index is 0.223. The van der Waals surface area contributed by atoms with Gasteiger partial charge in [-0.05, 0) is 31.7 Å². The lowest BCUT2D eigenvalue weighted by atomic mass is 9.98. The molecule has 0 aliphatic heterocycles. The van der Waals surface area contributed by atoms with Gasteiger partial charge in [0.15, 0.2) is 0 Å². The van der Waals surface area contributed by atoms with E-state index in [2.05, 4.69) is 4.98 Å². The highest BCUT2D eigenvalue weighted by Gasteiger charge is 2.19. The first-order valence-electron chi connectivity index (χ1n) is 8.80. The summed E-state index contributed by atoms with van der Waals surface area (Å²) in [6.45, 7) is 0. The van der Waals surface area contributed by atoms with Crippen molar-refractivity contribution in [3.63, 3.8) is 0 Å². The van der Waals surface area contributed by atoms with Gasteiger partial charge < -0.3 is 9.72 Å². The van der Waals surface area contributed by atoms with E-state index in [1.807, 2.05) is 42.5 Å². The molecule has 2 aromatic carbocycles. The van der Waals surface area contributed by atoms with Crippen LogP contribution in [-0.2, 0) is 10.8 Å². The molecule has 0 spiro atoms. The molecule has 0 saturated heterocycles. The van der Waals surface area contributed by atoms with Crippen molar-refractivity contribution in [1.82, 2.24) is 9.97 Å². The third-order valence-corrected chi connectivity index (χ3v) is 5.69. The van der Waals surface area contributed by atoms with Crippen molar-refractivity contribution in [3.8, 4) is 17.1 Å². The van der Waals surface area contributed by atoms with Crippen LogP contribution in [0, 0.1) is 0 Å². The number of H-pyrrole nitrogens is 1. The van der Waals surface area contributed by atoms with Crippen molar-refractivity contribution in [2.45, 2.75) is 43.1 Å². The number of nitrogens with zero attached hydrogens (tertiary/aromatic N) is 1. The first kappa shape index (κ1) is 16.3. The molecule has 130 valence electrons. The summed E-state index contributed by atoms with van der Waals surface area (Å²) >= 11 is 0. The van der Waals surface area contributed by atoms with E-state index in [1.54, 1.807) is 6.26 Å². The monoisotopic (exact) mass is 354 g/mol. The zero-order valence-corrected chi connectivity index (χ0v) is 15.1. The Morgan fingerprint density at radius 1 is 1.12 bits per heavy atom. The summed E-state index contributed by atoms with van der Waals surface area (Å²) in [5.41, 5.74) is 2.77. The molecule has 1 aliphatic carbocycles. The van der Waals surface area contributed by atoms with Crippen LogP contribution in [-0.4, -0.2) is 26.5 Å². The molecule has 1 heterocycles. The summed E-state index contributed by atoms with van der Waals surface area (Å²) < 4.78 is 18.4. The normalized spacial score (nSPS) is 16.8. The predicted molar refractivity (Wildman–Crippen MR) is 101 cm³/mol. The van der Waals surface area contributed by atoms with Crippen molar-refractivity contribution >= 4 is 21.8 Å². The minimum Gasteiger partial charge on any atom is -0.489 e. The van der Waals surface area contributed by atoms with Gasteiger partial charge in [0.2, 0.25) is 0 Å². The van der Waals surface area contributed by atoms with Gasteiger partial charge in [0.1, 0.15) is 11.6 Å². The molecule has 1 fully saturated rings. The Morgan fingerprint density at radius 2 is 1.88 bits per heavy atom. The van der Waals surface area contributed by atoms with E-state index in [9.17, 15) is 4.21 Å². The Kier molecular flexibility index (Phi) is 4.57. The van der Waals surface area contributed by atoms with Crippen molar-refractivity contribution in [1.29, 1.82) is 0 Å². The highest BCUT2D eigenvalue weighted by atomic mass is 32.2. The second-order valence-electron chi connectivity index (χ2n) is 6.60. The van der Waals surface area contributed by atoms with Gasteiger partial charge in [-0.2, -0.15) is 0 Å². The molecule has 0 bridgehead atoms. The molecular weight excluding hydrogens is 332 g/mol. The number of benzene rings is 2. The largest absolute Gasteiger partial charge is 0.489 e. The van der Waals surface area contributed by atoms with Crippen LogP contribution in [0.2, 0.25) is 0 Å². The van der Waals surface area contributed by atoms with E-state index >= 15 is 0 Å². The van der Waals surface area contributed by atoms with Crippen molar-refractivity contribution < 1.29 is 8.95 Å². The van der Waals surface area contributed by atoms with Gasteiger partial charge in [0, 0.05) is 17.9 Å². The Morgan fingerprint density at radius 3 is 2.60 bits per heavy atom. The molecule has 1 aliphatic rings. The lowest BCUT2D eigenvalue weighted by Crippen LogP contribution is -2.20. The van der Waals surface area contributed by atoms with Crippen molar-refractivity contribution in [2.75, 3.05) is 6.26 Å². The molecule has 0 amide bonds. The van der Waals surface area contributed by atoms with Crippen LogP contribution in [0.1, 0.15) is 32.1 Å². The highest BCUT2D eigenvalue weighted by Crippen LogP contribution is 2.32. The van der Waals surface area contributed by atoms with E-state index in [0.29, 0.717) is 5.75 Å². The molecule has 1 N–H and O–H groups in total. The van der Waals surface area contributed by atoms with E-state index in [-0.39, 0.29) is 6.10 Å². The fraction of sp³-hybridized carbons (Fsp3) is 0.350. The zero-order chi connectivity index (χ0) is 17.2. The zero-order valence-electron chi connectivity index (χ0n) is 14.3. The average Bonchev–Trinajstić information content (AvgIpc) is 3.05. The summed E-state index contributed by atoms with van der Waals surface area (Å²) in [6, 6.07) is 13.9. The average molecular weight is 354 g/mol. The second-order valence-corrected chi connectivity index (χ2v) is 7.95. The standard InChI is InChI=1S/C20H22N2O2S/c1-25(23)19-13-17-16(12-18(19)24-15-10-6-3-7-11-15)21-20(22-17)14-8-4-2-5-9-14/h2,4-5,8-9,12-13,15H,3,6-7,10-11H2,1H3,(H,21,22). The Bertz CT molecular complexity index is 899. The van der Waals surface area contributed by atoms with Gasteiger partial charge >= 0.3 is 0 Å². The van der Waals surface area contributed by atoms with Crippen LogP contribution in [0.15, 0.2) is 47.4 Å². The summed E-state index contributed by atoms with van der Waals surface area (Å²) in [5, 5.41) is 0. The van der Waals surface area contributed by atoms with Gasteiger partial charge in [-0.3, -0.25) is 4.21 Å². The van der Waals surface area contributed by atoms with Crippen LogP contribution in [0.5, 0.6) is 5.75 Å². The smallest absolute Gasteiger partial charge is 0.138 e. The predicted octanol–water partition coefficient (Wildman–Crippen LogP) is 4.68. The maximum atomic E-state index is 12.2. The van der Waals surface area contributed by atoms with E-state index < -0.39 is 10.8 Å². The molecule has 1 atom stereocenters. The van der Waals surface area contributed by atoms with Gasteiger partial charge in [0.25, 0.3) is 0 Å². The number of imidazole rings is 1. The summed E-state index contributed by atoms with van der Waals surface area (Å²) in [7, 11) is -1.11. The van der Waals surface area contributed by atoms with Crippen LogP contribution < -0.4 is 4.74 Å². The van der Waals surface area contributed by atoms with Gasteiger partial charge in [-0.1, -0.05) is 36.8 Å². The second kappa shape index (κ2) is 7.00. The van der Waals surface area contributed by atoms with E-state index in [4.69, 9.17) is 9.72 Å². The number of aromatic amines is 1. The molecule has 4 nitrogen and oxygen atoms in total. The number of rotatable bonds is 4. The fourth-order valence-electron chi connectivity index (χ4n) is 3.43. The molecule has 1 aromatic heterocycles. The summed E-state index contributed by atoms with van der Waals surface area (Å²) in [4.78, 5) is 8.78. The van der Waals surface area contributed by atoms with Crippen LogP contribution in [0.3, 0.4) is 0 Å². The third-order valence-electron chi connectivity index (χ3n) is 4.75. The van der Waals surface area contributed by atoms with Crippen LogP contribution in [0.4, 0.5) is 0 Å². The quantitative estimate of drug-likeness (QED) is 0.740. The van der Waals surface area contributed by atoms with Crippen LogP contribution in [0.25, 0.3) is 22.4 Å². The number of ether oxygens (including phenoxy) is 1. The SMILES string of the molecule is CS(=O)c1cc2[nH]c(-c3ccccc3)nc2cc1OC1CCCCC1. The maximum absolute atomic E-state index is 12.2. The number of aromatic nitrogens is 2. The first-order valence-corrected chi connectivity index (χ1v) is 10.4. The Balaban J connectivity index is 1.73. The molecule has 3 aromatic rings. The number of hydrogen-bond acceptors (Lipinski definition) is 3. The Hall–Kier alpha value is -2.14. The number of nitrogens with one attached hydrogen (secondary N) is 1. The molecule has 1 saturated carbocycles. The molecule has 4 rings (SSSR count). The van der Waals surface area contributed by atoms with Crippen molar-refractivity contribution in [2.24, 2.45) is 0 Å². The lowest BCUT2D eigenvalue weighted by molar-refractivity contribution is 0.151. The maximum Gasteiger partial charge on any atom is 0.138 e. The van der Waals surface area contributed by atoms with E-state index in [1.165, 1.54) is 19.3 Å². The van der Waals surface area contributed by atoms with Gasteiger partial charge in [0.05, 0.1) is 32.8 Å². The van der Waals surface area contributed by atoms with Crippen molar-refractivity contribution in [3.05, 3.63) is 42.5 Å². The molecule has 0 radical (unpaired) electrons. The number of hydrogen-bond donors (Lipinski definition) is 1. The lowest BCUT2D eigenvalue weighted by Gasteiger charge is -2.24. The molecular formula is C20H22N2O2S. The van der Waals surface area contributed by atoms with Gasteiger partial charge in [-0.25, -0.2) is 4.98 Å². The molecule has 25 heavy (non-hydrogen) atoms. The third kappa shape index (κ3) is 3.47. The molecule has 5 heteroatoms. The summed E-state index contributed by atoms with van der Waals surface area (Å²) in [5.74, 6) is 1.53. The molecule has 1 unspecified atom stereocenters. The minimum atomic E-state index is -1.11. The Labute approximate surface area is 150 Å². The highest BCUT2D eigenvalue weighted by molar-refractivity contribution is 7.84. The first-order chi connectivity index (χ1) is 12.2. The fourth-order valence-corrected chi connectivity index (χ4v) is 4.10. The topological polar surface area (TPSA) is 55.0 Å². The number of fused-ring (bicyclic) bond motifs is 1. The van der Waals surface area contributed by atoms with Gasteiger partial charge in [-0.15, -0.1) is 0 Å². The van der Waals surface area contributed by atoms with Crippen LogP contribution >= 0.6 is 0 Å².